The number of nitrogens with zero attached hydrogens (tertiary/aromatic N) is 2. The van der Waals surface area contributed by atoms with Gasteiger partial charge in [0.1, 0.15) is 6.54 Å². The van der Waals surface area contributed by atoms with Gasteiger partial charge >= 0.3 is 0 Å². The van der Waals surface area contributed by atoms with E-state index < -0.39 is 0 Å². The predicted molar refractivity (Wildman–Crippen MR) is 94.6 cm³/mol. The van der Waals surface area contributed by atoms with Crippen molar-refractivity contribution >= 4 is 11.9 Å². The normalized spacial score (nSPS) is 23.0. The minimum absolute atomic E-state index is 0.0459. The third-order valence-electron chi connectivity index (χ3n) is 4.18. The average Bonchev–Trinajstić information content (AvgIpc) is 3.19. The monoisotopic (exact) mass is 323 g/mol. The molecule has 2 rings (SSSR count). The Morgan fingerprint density at radius 1 is 1.22 bits per heavy atom. The summed E-state index contributed by atoms with van der Waals surface area (Å²) in [6.45, 7) is 12.3. The third-order valence-corrected chi connectivity index (χ3v) is 4.18. The van der Waals surface area contributed by atoms with Crippen molar-refractivity contribution in [3.63, 3.8) is 0 Å². The minimum atomic E-state index is -0.214. The van der Waals surface area contributed by atoms with E-state index in [9.17, 15) is 4.79 Å². The number of nitrogens with one attached hydrogen (secondary N) is 3. The Hall–Kier alpha value is -1.30. The zero-order valence-corrected chi connectivity index (χ0v) is 15.1. The second kappa shape index (κ2) is 7.99. The van der Waals surface area contributed by atoms with Crippen LogP contribution in [0.15, 0.2) is 4.99 Å². The van der Waals surface area contributed by atoms with Gasteiger partial charge in [0.05, 0.1) is 0 Å². The summed E-state index contributed by atoms with van der Waals surface area (Å²) in [5.74, 6) is 1.37. The highest BCUT2D eigenvalue weighted by Gasteiger charge is 2.34. The Morgan fingerprint density at radius 3 is 2.57 bits per heavy atom. The van der Waals surface area contributed by atoms with E-state index in [1.807, 2.05) is 27.7 Å². The van der Waals surface area contributed by atoms with Gasteiger partial charge in [0.25, 0.3) is 0 Å². The van der Waals surface area contributed by atoms with Gasteiger partial charge in [-0.15, -0.1) is 0 Å². The lowest BCUT2D eigenvalue weighted by atomic mass is 10.1. The Labute approximate surface area is 140 Å². The molecule has 6 nitrogen and oxygen atoms in total. The first kappa shape index (κ1) is 18.0. The zero-order valence-electron chi connectivity index (χ0n) is 15.1. The highest BCUT2D eigenvalue weighted by atomic mass is 16.2. The Balaban J connectivity index is 1.74. The van der Waals surface area contributed by atoms with Crippen LogP contribution in [0.3, 0.4) is 0 Å². The van der Waals surface area contributed by atoms with Crippen molar-refractivity contribution in [1.29, 1.82) is 0 Å². The minimum Gasteiger partial charge on any atom is -0.357 e. The molecule has 0 aromatic rings. The van der Waals surface area contributed by atoms with Crippen LogP contribution in [-0.4, -0.2) is 61.1 Å². The fraction of sp³-hybridized carbons (Fsp3) is 0.882. The molecule has 6 heteroatoms. The summed E-state index contributed by atoms with van der Waals surface area (Å²) in [6.07, 6.45) is 4.02. The quantitative estimate of drug-likeness (QED) is 0.503. The van der Waals surface area contributed by atoms with Gasteiger partial charge < -0.3 is 20.9 Å². The number of carbonyl (C=O) groups is 1. The van der Waals surface area contributed by atoms with Gasteiger partial charge in [-0.25, -0.2) is 4.99 Å². The molecule has 2 aliphatic rings. The van der Waals surface area contributed by atoms with E-state index in [1.54, 1.807) is 0 Å². The molecular weight excluding hydrogens is 290 g/mol. The first-order chi connectivity index (χ1) is 10.9. The van der Waals surface area contributed by atoms with E-state index in [0.29, 0.717) is 5.92 Å². The number of amides is 1. The average molecular weight is 323 g/mol. The SMILES string of the molecule is CCNC(=NCC(=O)NC(C)(C)C)NCC1CCN(C2CC2)C1. The molecule has 0 bridgehead atoms. The fourth-order valence-electron chi connectivity index (χ4n) is 2.99. The van der Waals surface area contributed by atoms with Crippen molar-refractivity contribution in [2.45, 2.75) is 58.5 Å². The highest BCUT2D eigenvalue weighted by molar-refractivity contribution is 5.85. The Bertz CT molecular complexity index is 425. The lowest BCUT2D eigenvalue weighted by Crippen LogP contribution is -2.44. The maximum atomic E-state index is 11.9. The number of guanidine groups is 1. The van der Waals surface area contributed by atoms with Crippen LogP contribution in [-0.2, 0) is 4.79 Å². The molecule has 1 atom stereocenters. The van der Waals surface area contributed by atoms with Crippen molar-refractivity contribution < 1.29 is 4.79 Å². The molecule has 1 heterocycles. The van der Waals surface area contributed by atoms with Crippen molar-refractivity contribution in [2.75, 3.05) is 32.7 Å². The molecule has 132 valence electrons. The van der Waals surface area contributed by atoms with Gasteiger partial charge in [-0.1, -0.05) is 0 Å². The van der Waals surface area contributed by atoms with E-state index in [-0.39, 0.29) is 18.0 Å². The molecule has 1 saturated heterocycles. The largest absolute Gasteiger partial charge is 0.357 e. The summed E-state index contributed by atoms with van der Waals surface area (Å²) in [4.78, 5) is 18.9. The number of carbonyl (C=O) groups excluding carboxylic acids is 1. The summed E-state index contributed by atoms with van der Waals surface area (Å²) in [5.41, 5.74) is -0.214. The number of rotatable bonds is 6. The predicted octanol–water partition coefficient (Wildman–Crippen LogP) is 0.941. The van der Waals surface area contributed by atoms with Crippen LogP contribution in [0.25, 0.3) is 0 Å². The summed E-state index contributed by atoms with van der Waals surface area (Å²) in [7, 11) is 0. The number of aliphatic imine (C=N–C) groups is 1. The number of hydrogen-bond acceptors (Lipinski definition) is 3. The van der Waals surface area contributed by atoms with Crippen LogP contribution >= 0.6 is 0 Å². The molecular formula is C17H33N5O. The fourth-order valence-corrected chi connectivity index (χ4v) is 2.99. The summed E-state index contributed by atoms with van der Waals surface area (Å²) in [6, 6.07) is 0.864. The van der Waals surface area contributed by atoms with Gasteiger partial charge in [-0.2, -0.15) is 0 Å². The van der Waals surface area contributed by atoms with E-state index in [4.69, 9.17) is 0 Å². The number of likely N-dealkylation sites (tertiary alicyclic amines) is 1. The lowest BCUT2D eigenvalue weighted by molar-refractivity contribution is -0.121. The maximum absolute atomic E-state index is 11.9. The van der Waals surface area contributed by atoms with Crippen LogP contribution in [0.4, 0.5) is 0 Å². The molecule has 1 unspecified atom stereocenters. The molecule has 2 fully saturated rings. The van der Waals surface area contributed by atoms with E-state index in [1.165, 1.54) is 32.4 Å². The van der Waals surface area contributed by atoms with Gasteiger partial charge in [0.15, 0.2) is 5.96 Å². The Kier molecular flexibility index (Phi) is 6.27. The van der Waals surface area contributed by atoms with Crippen LogP contribution in [0.5, 0.6) is 0 Å². The zero-order chi connectivity index (χ0) is 16.9. The van der Waals surface area contributed by atoms with Crippen molar-refractivity contribution in [3.8, 4) is 0 Å². The molecule has 0 radical (unpaired) electrons. The van der Waals surface area contributed by atoms with Crippen LogP contribution in [0.1, 0.15) is 47.0 Å². The van der Waals surface area contributed by atoms with Crippen molar-refractivity contribution in [3.05, 3.63) is 0 Å². The summed E-state index contributed by atoms with van der Waals surface area (Å²) in [5, 5.41) is 9.54. The molecule has 1 saturated carbocycles. The van der Waals surface area contributed by atoms with E-state index in [2.05, 4.69) is 25.8 Å². The van der Waals surface area contributed by atoms with Gasteiger partial charge in [-0.3, -0.25) is 4.79 Å². The summed E-state index contributed by atoms with van der Waals surface area (Å²) < 4.78 is 0. The maximum Gasteiger partial charge on any atom is 0.242 e. The van der Waals surface area contributed by atoms with Crippen LogP contribution < -0.4 is 16.0 Å². The van der Waals surface area contributed by atoms with Crippen molar-refractivity contribution in [2.24, 2.45) is 10.9 Å². The second-order valence-electron chi connectivity index (χ2n) is 7.76. The highest BCUT2D eigenvalue weighted by Crippen LogP contribution is 2.31. The van der Waals surface area contributed by atoms with Crippen molar-refractivity contribution in [1.82, 2.24) is 20.9 Å². The topological polar surface area (TPSA) is 68.8 Å². The second-order valence-corrected chi connectivity index (χ2v) is 7.76. The third kappa shape index (κ3) is 6.77. The Morgan fingerprint density at radius 2 is 1.96 bits per heavy atom. The number of hydrogen-bond donors (Lipinski definition) is 3. The molecule has 0 aromatic carbocycles. The first-order valence-corrected chi connectivity index (χ1v) is 8.94. The van der Waals surface area contributed by atoms with Gasteiger partial charge in [0.2, 0.25) is 5.91 Å². The molecule has 0 spiro atoms. The van der Waals surface area contributed by atoms with Crippen LogP contribution in [0, 0.1) is 5.92 Å². The summed E-state index contributed by atoms with van der Waals surface area (Å²) >= 11 is 0. The molecule has 1 amide bonds. The molecule has 3 N–H and O–H groups in total. The van der Waals surface area contributed by atoms with E-state index in [0.717, 1.165) is 25.1 Å². The van der Waals surface area contributed by atoms with Gasteiger partial charge in [0, 0.05) is 31.2 Å². The van der Waals surface area contributed by atoms with E-state index >= 15 is 0 Å². The first-order valence-electron chi connectivity index (χ1n) is 8.94. The molecule has 23 heavy (non-hydrogen) atoms. The van der Waals surface area contributed by atoms with Crippen LogP contribution in [0.2, 0.25) is 0 Å². The standard InChI is InChI=1S/C17H33N5O/c1-5-18-16(20-11-15(23)21-17(2,3)4)19-10-13-8-9-22(12-13)14-6-7-14/h13-14H,5-12H2,1-4H3,(H,21,23)(H2,18,19,20). The molecule has 1 aliphatic heterocycles. The van der Waals surface area contributed by atoms with Gasteiger partial charge in [-0.05, 0) is 59.4 Å². The smallest absolute Gasteiger partial charge is 0.242 e. The molecule has 0 aromatic heterocycles. The molecule has 1 aliphatic carbocycles. The lowest BCUT2D eigenvalue weighted by Gasteiger charge is -2.20.